The zero-order chi connectivity index (χ0) is 14.7. The number of hydrogen-bond donors (Lipinski definition) is 2. The normalized spacial score (nSPS) is 20.9. The van der Waals surface area contributed by atoms with E-state index in [-0.39, 0.29) is 5.91 Å². The highest BCUT2D eigenvalue weighted by Crippen LogP contribution is 2.19. The fourth-order valence-electron chi connectivity index (χ4n) is 2.32. The van der Waals surface area contributed by atoms with Crippen molar-refractivity contribution < 1.29 is 4.79 Å². The molecule has 4 nitrogen and oxygen atoms in total. The van der Waals surface area contributed by atoms with Gasteiger partial charge in [0.15, 0.2) is 0 Å². The van der Waals surface area contributed by atoms with Gasteiger partial charge in [-0.25, -0.2) is 0 Å². The van der Waals surface area contributed by atoms with Crippen molar-refractivity contribution in [3.8, 4) is 0 Å². The molecule has 20 heavy (non-hydrogen) atoms. The van der Waals surface area contributed by atoms with Crippen molar-refractivity contribution >= 4 is 34.5 Å². The Morgan fingerprint density at radius 3 is 2.90 bits per heavy atom. The molecular weight excluding hydrogens is 338 g/mol. The molecule has 0 bridgehead atoms. The van der Waals surface area contributed by atoms with Crippen LogP contribution in [-0.4, -0.2) is 62.0 Å². The summed E-state index contributed by atoms with van der Waals surface area (Å²) in [6.45, 7) is 3.75. The molecule has 1 aromatic rings. The summed E-state index contributed by atoms with van der Waals surface area (Å²) in [7, 11) is 4.22. The van der Waals surface area contributed by atoms with Crippen LogP contribution in [0.25, 0.3) is 0 Å². The molecule has 1 atom stereocenters. The number of halogens is 1. The maximum atomic E-state index is 12.2. The van der Waals surface area contributed by atoms with E-state index in [0.29, 0.717) is 23.0 Å². The van der Waals surface area contributed by atoms with Crippen molar-refractivity contribution in [2.24, 2.45) is 0 Å². The summed E-state index contributed by atoms with van der Waals surface area (Å²) < 4.78 is 0.924. The number of nitrogens with zero attached hydrogens (tertiary/aromatic N) is 2. The molecule has 1 heterocycles. The monoisotopic (exact) mass is 357 g/mol. The molecule has 0 spiro atoms. The predicted molar refractivity (Wildman–Crippen MR) is 87.6 cm³/mol. The highest BCUT2D eigenvalue weighted by atomic mass is 79.9. The number of nitrogens with one attached hydrogen (secondary N) is 1. The molecule has 1 aliphatic rings. The van der Waals surface area contributed by atoms with Gasteiger partial charge >= 0.3 is 0 Å². The molecule has 1 N–H and O–H groups in total. The van der Waals surface area contributed by atoms with Gasteiger partial charge in [0, 0.05) is 41.6 Å². The Morgan fingerprint density at radius 1 is 1.45 bits per heavy atom. The third kappa shape index (κ3) is 3.97. The van der Waals surface area contributed by atoms with Crippen molar-refractivity contribution in [2.75, 3.05) is 40.3 Å². The van der Waals surface area contributed by atoms with Crippen LogP contribution in [-0.2, 0) is 0 Å². The van der Waals surface area contributed by atoms with Crippen LogP contribution in [0.3, 0.4) is 0 Å². The van der Waals surface area contributed by atoms with Crippen molar-refractivity contribution in [3.63, 3.8) is 0 Å². The van der Waals surface area contributed by atoms with Crippen LogP contribution in [0.15, 0.2) is 27.6 Å². The molecule has 0 aliphatic carbocycles. The van der Waals surface area contributed by atoms with Crippen LogP contribution < -0.4 is 5.32 Å². The molecule has 2 rings (SSSR count). The predicted octanol–water partition coefficient (Wildman–Crippen LogP) is 1.71. The summed E-state index contributed by atoms with van der Waals surface area (Å²) in [5, 5.41) is 3.01. The number of likely N-dealkylation sites (N-methyl/N-ethyl adjacent to an activating group) is 2. The second kappa shape index (κ2) is 6.93. The number of piperazine rings is 1. The smallest absolute Gasteiger partial charge is 0.252 e. The number of benzene rings is 1. The standard InChI is InChI=1S/C14H20BrN3OS/c1-17-5-6-18(2)11(9-17)8-16-14(19)12-4-3-10(15)7-13(12)20/h3-4,7,11,20H,5-6,8-9H2,1-2H3,(H,16,19). The van der Waals surface area contributed by atoms with Crippen molar-refractivity contribution in [1.29, 1.82) is 0 Å². The maximum absolute atomic E-state index is 12.2. The zero-order valence-corrected chi connectivity index (χ0v) is 14.2. The van der Waals surface area contributed by atoms with Gasteiger partial charge in [0.2, 0.25) is 0 Å². The molecule has 1 unspecified atom stereocenters. The quantitative estimate of drug-likeness (QED) is 0.808. The van der Waals surface area contributed by atoms with E-state index in [2.05, 4.69) is 57.8 Å². The number of hydrogen-bond acceptors (Lipinski definition) is 4. The van der Waals surface area contributed by atoms with Crippen LogP contribution in [0.5, 0.6) is 0 Å². The molecular formula is C14H20BrN3OS. The van der Waals surface area contributed by atoms with Crippen molar-refractivity contribution in [2.45, 2.75) is 10.9 Å². The lowest BCUT2D eigenvalue weighted by atomic mass is 10.1. The molecule has 6 heteroatoms. The third-order valence-electron chi connectivity index (χ3n) is 3.68. The van der Waals surface area contributed by atoms with E-state index < -0.39 is 0 Å². The van der Waals surface area contributed by atoms with Crippen molar-refractivity contribution in [1.82, 2.24) is 15.1 Å². The number of amides is 1. The number of thiol groups is 1. The molecule has 110 valence electrons. The number of carbonyl (C=O) groups is 1. The first-order valence-electron chi connectivity index (χ1n) is 6.63. The second-order valence-electron chi connectivity index (χ2n) is 5.27. The highest BCUT2D eigenvalue weighted by molar-refractivity contribution is 9.10. The molecule has 1 aromatic carbocycles. The van der Waals surface area contributed by atoms with Gasteiger partial charge in [0.05, 0.1) is 5.56 Å². The van der Waals surface area contributed by atoms with Crippen LogP contribution >= 0.6 is 28.6 Å². The minimum Gasteiger partial charge on any atom is -0.350 e. The molecule has 1 fully saturated rings. The van der Waals surface area contributed by atoms with Crippen LogP contribution in [0.1, 0.15) is 10.4 Å². The van der Waals surface area contributed by atoms with Gasteiger partial charge in [-0.05, 0) is 32.3 Å². The zero-order valence-electron chi connectivity index (χ0n) is 11.8. The van der Waals surface area contributed by atoms with Gasteiger partial charge in [-0.3, -0.25) is 9.69 Å². The maximum Gasteiger partial charge on any atom is 0.252 e. The molecule has 1 amide bonds. The Labute approximate surface area is 134 Å². The summed E-state index contributed by atoms with van der Waals surface area (Å²) in [4.78, 5) is 17.5. The van der Waals surface area contributed by atoms with Gasteiger partial charge in [-0.1, -0.05) is 15.9 Å². The molecule has 0 saturated carbocycles. The Kier molecular flexibility index (Phi) is 5.49. The van der Waals surface area contributed by atoms with E-state index in [1.807, 2.05) is 12.1 Å². The lowest BCUT2D eigenvalue weighted by Gasteiger charge is -2.37. The van der Waals surface area contributed by atoms with Crippen LogP contribution in [0, 0.1) is 0 Å². The largest absolute Gasteiger partial charge is 0.350 e. The summed E-state index contributed by atoms with van der Waals surface area (Å²) >= 11 is 7.72. The second-order valence-corrected chi connectivity index (χ2v) is 6.67. The summed E-state index contributed by atoms with van der Waals surface area (Å²) in [5.74, 6) is -0.0656. The first kappa shape index (κ1) is 15.8. The van der Waals surface area contributed by atoms with E-state index in [9.17, 15) is 4.79 Å². The minimum atomic E-state index is -0.0656. The molecule has 1 aliphatic heterocycles. The fourth-order valence-corrected chi connectivity index (χ4v) is 3.18. The Hall–Kier alpha value is -0.560. The third-order valence-corrected chi connectivity index (χ3v) is 4.55. The first-order chi connectivity index (χ1) is 9.47. The Balaban J connectivity index is 1.94. The fraction of sp³-hybridized carbons (Fsp3) is 0.500. The van der Waals surface area contributed by atoms with Gasteiger partial charge in [-0.2, -0.15) is 0 Å². The van der Waals surface area contributed by atoms with E-state index in [1.54, 1.807) is 6.07 Å². The average molecular weight is 358 g/mol. The summed E-state index contributed by atoms with van der Waals surface area (Å²) in [5.41, 5.74) is 0.614. The van der Waals surface area contributed by atoms with Gasteiger partial charge < -0.3 is 10.2 Å². The average Bonchev–Trinajstić information content (AvgIpc) is 2.39. The molecule has 0 radical (unpaired) electrons. The summed E-state index contributed by atoms with van der Waals surface area (Å²) in [6.07, 6.45) is 0. The van der Waals surface area contributed by atoms with Gasteiger partial charge in [0.1, 0.15) is 0 Å². The Morgan fingerprint density at radius 2 is 2.20 bits per heavy atom. The first-order valence-corrected chi connectivity index (χ1v) is 7.87. The number of carbonyl (C=O) groups excluding carboxylic acids is 1. The SMILES string of the molecule is CN1CCN(C)C(CNC(=O)c2ccc(Br)cc2S)C1. The van der Waals surface area contributed by atoms with E-state index >= 15 is 0 Å². The number of rotatable bonds is 3. The molecule has 0 aromatic heterocycles. The van der Waals surface area contributed by atoms with Crippen LogP contribution in [0.4, 0.5) is 0 Å². The van der Waals surface area contributed by atoms with Gasteiger partial charge in [-0.15, -0.1) is 12.6 Å². The lowest BCUT2D eigenvalue weighted by Crippen LogP contribution is -2.54. The summed E-state index contributed by atoms with van der Waals surface area (Å²) in [6, 6.07) is 5.84. The lowest BCUT2D eigenvalue weighted by molar-refractivity contribution is 0.0878. The van der Waals surface area contributed by atoms with E-state index in [4.69, 9.17) is 0 Å². The Bertz CT molecular complexity index is 497. The van der Waals surface area contributed by atoms with Crippen molar-refractivity contribution in [3.05, 3.63) is 28.2 Å². The van der Waals surface area contributed by atoms with Gasteiger partial charge in [0.25, 0.3) is 5.91 Å². The topological polar surface area (TPSA) is 35.6 Å². The van der Waals surface area contributed by atoms with Crippen LogP contribution in [0.2, 0.25) is 0 Å². The minimum absolute atomic E-state index is 0.0656. The van der Waals surface area contributed by atoms with E-state index in [0.717, 1.165) is 24.1 Å². The van der Waals surface area contributed by atoms with E-state index in [1.165, 1.54) is 0 Å². The molecule has 1 saturated heterocycles. The highest BCUT2D eigenvalue weighted by Gasteiger charge is 2.22.